The van der Waals surface area contributed by atoms with Gasteiger partial charge in [-0.15, -0.1) is 0 Å². The van der Waals surface area contributed by atoms with Crippen molar-refractivity contribution in [3.05, 3.63) is 59.2 Å². The second-order valence-electron chi connectivity index (χ2n) is 6.26. The van der Waals surface area contributed by atoms with Crippen LogP contribution >= 0.6 is 0 Å². The summed E-state index contributed by atoms with van der Waals surface area (Å²) in [6.07, 6.45) is 1.84. The molecule has 1 heterocycles. The molecule has 1 aliphatic heterocycles. The highest BCUT2D eigenvalue weighted by Gasteiger charge is 2.16. The van der Waals surface area contributed by atoms with Crippen molar-refractivity contribution in [2.45, 2.75) is 25.9 Å². The summed E-state index contributed by atoms with van der Waals surface area (Å²) in [6.45, 7) is 3.20. The van der Waals surface area contributed by atoms with E-state index >= 15 is 0 Å². The topological polar surface area (TPSA) is 84.9 Å². The number of hydrogen-bond donors (Lipinski definition) is 2. The van der Waals surface area contributed by atoms with Crippen molar-refractivity contribution in [2.75, 3.05) is 18.5 Å². The third kappa shape index (κ3) is 4.40. The Balaban J connectivity index is 1.67. The van der Waals surface area contributed by atoms with E-state index in [0.29, 0.717) is 24.5 Å². The van der Waals surface area contributed by atoms with Crippen LogP contribution in [0.3, 0.4) is 0 Å². The van der Waals surface area contributed by atoms with Gasteiger partial charge in [0.1, 0.15) is 11.9 Å². The van der Waals surface area contributed by atoms with Gasteiger partial charge in [0.25, 0.3) is 5.91 Å². The fraction of sp³-hybridized carbons (Fsp3) is 0.300. The monoisotopic (exact) mass is 355 g/mol. The minimum absolute atomic E-state index is 0.0674. The predicted molar refractivity (Wildman–Crippen MR) is 97.0 cm³/mol. The van der Waals surface area contributed by atoms with Crippen LogP contribution in [-0.2, 0) is 4.74 Å². The number of carboxylic acid groups (broad SMARTS) is 1. The van der Waals surface area contributed by atoms with Crippen LogP contribution in [0.5, 0.6) is 5.75 Å². The van der Waals surface area contributed by atoms with Gasteiger partial charge in [-0.1, -0.05) is 11.6 Å². The van der Waals surface area contributed by atoms with E-state index in [1.54, 1.807) is 43.3 Å². The molecular formula is C20H21NO5. The summed E-state index contributed by atoms with van der Waals surface area (Å²) in [5.41, 5.74) is 1.59. The van der Waals surface area contributed by atoms with Gasteiger partial charge in [0.05, 0.1) is 24.5 Å². The standard InChI is InChI=1S/C20H21NO5/c1-13-2-7-18(17(12-13)20(23)24)21-19(22)14-3-5-15(6-4-14)26-16-8-10-25-11-9-16/h2-7,12,16H,8-11H2,1H3,(H,21,22)(H,23,24). The van der Waals surface area contributed by atoms with Gasteiger partial charge >= 0.3 is 5.97 Å². The lowest BCUT2D eigenvalue weighted by Gasteiger charge is -2.23. The van der Waals surface area contributed by atoms with E-state index in [-0.39, 0.29) is 23.3 Å². The molecule has 0 saturated carbocycles. The molecule has 2 aromatic carbocycles. The first-order valence-corrected chi connectivity index (χ1v) is 8.52. The number of aryl methyl sites for hydroxylation is 1. The fourth-order valence-electron chi connectivity index (χ4n) is 2.81. The minimum atomic E-state index is -1.08. The maximum Gasteiger partial charge on any atom is 0.337 e. The molecule has 0 radical (unpaired) electrons. The van der Waals surface area contributed by atoms with Crippen molar-refractivity contribution in [3.8, 4) is 5.75 Å². The van der Waals surface area contributed by atoms with Crippen LogP contribution < -0.4 is 10.1 Å². The van der Waals surface area contributed by atoms with E-state index in [2.05, 4.69) is 5.32 Å². The summed E-state index contributed by atoms with van der Waals surface area (Å²) < 4.78 is 11.2. The highest BCUT2D eigenvalue weighted by molar-refractivity contribution is 6.07. The largest absolute Gasteiger partial charge is 0.490 e. The summed E-state index contributed by atoms with van der Waals surface area (Å²) in [5.74, 6) is -0.742. The van der Waals surface area contributed by atoms with Gasteiger partial charge in [0.15, 0.2) is 0 Å². The predicted octanol–water partition coefficient (Wildman–Crippen LogP) is 3.50. The molecule has 0 spiro atoms. The van der Waals surface area contributed by atoms with Crippen molar-refractivity contribution >= 4 is 17.6 Å². The molecule has 2 N–H and O–H groups in total. The number of aromatic carboxylic acids is 1. The fourth-order valence-corrected chi connectivity index (χ4v) is 2.81. The number of hydrogen-bond acceptors (Lipinski definition) is 4. The number of benzene rings is 2. The molecule has 2 aromatic rings. The number of carbonyl (C=O) groups is 2. The molecule has 0 atom stereocenters. The lowest BCUT2D eigenvalue weighted by atomic mass is 10.1. The normalized spacial score (nSPS) is 14.7. The molecule has 1 fully saturated rings. The van der Waals surface area contributed by atoms with Gasteiger partial charge in [-0.2, -0.15) is 0 Å². The van der Waals surface area contributed by atoms with E-state index in [1.807, 2.05) is 0 Å². The second-order valence-corrected chi connectivity index (χ2v) is 6.26. The summed E-state index contributed by atoms with van der Waals surface area (Å²) in [6, 6.07) is 11.7. The second kappa shape index (κ2) is 8.01. The third-order valence-corrected chi connectivity index (χ3v) is 4.24. The summed E-state index contributed by atoms with van der Waals surface area (Å²) in [5, 5.41) is 11.9. The number of anilines is 1. The quantitative estimate of drug-likeness (QED) is 0.857. The van der Waals surface area contributed by atoms with E-state index in [4.69, 9.17) is 9.47 Å². The van der Waals surface area contributed by atoms with Crippen LogP contribution in [0.15, 0.2) is 42.5 Å². The molecule has 0 unspecified atom stereocenters. The highest BCUT2D eigenvalue weighted by atomic mass is 16.5. The van der Waals surface area contributed by atoms with Gasteiger partial charge in [0.2, 0.25) is 0 Å². The number of rotatable bonds is 5. The SMILES string of the molecule is Cc1ccc(NC(=O)c2ccc(OC3CCOCC3)cc2)c(C(=O)O)c1. The Kier molecular flexibility index (Phi) is 5.53. The summed E-state index contributed by atoms with van der Waals surface area (Å²) >= 11 is 0. The van der Waals surface area contributed by atoms with Crippen molar-refractivity contribution in [1.82, 2.24) is 0 Å². The average molecular weight is 355 g/mol. The van der Waals surface area contributed by atoms with Gasteiger partial charge in [-0.25, -0.2) is 4.79 Å². The molecule has 6 nitrogen and oxygen atoms in total. The average Bonchev–Trinajstić information content (AvgIpc) is 2.64. The molecule has 1 aliphatic rings. The van der Waals surface area contributed by atoms with E-state index in [0.717, 1.165) is 18.4 Å². The third-order valence-electron chi connectivity index (χ3n) is 4.24. The maximum atomic E-state index is 12.4. The lowest BCUT2D eigenvalue weighted by molar-refractivity contribution is 0.0255. The Morgan fingerprint density at radius 2 is 1.81 bits per heavy atom. The van der Waals surface area contributed by atoms with Crippen LogP contribution in [0.2, 0.25) is 0 Å². The maximum absolute atomic E-state index is 12.4. The number of carbonyl (C=O) groups excluding carboxylic acids is 1. The Morgan fingerprint density at radius 1 is 1.12 bits per heavy atom. The van der Waals surface area contributed by atoms with Crippen molar-refractivity contribution in [1.29, 1.82) is 0 Å². The minimum Gasteiger partial charge on any atom is -0.490 e. The van der Waals surface area contributed by atoms with Crippen LogP contribution in [0.1, 0.15) is 39.1 Å². The number of nitrogens with one attached hydrogen (secondary N) is 1. The first-order valence-electron chi connectivity index (χ1n) is 8.52. The summed E-state index contributed by atoms with van der Waals surface area (Å²) in [7, 11) is 0. The molecule has 1 amide bonds. The zero-order chi connectivity index (χ0) is 18.5. The van der Waals surface area contributed by atoms with Gasteiger partial charge in [0, 0.05) is 18.4 Å². The van der Waals surface area contributed by atoms with Crippen molar-refractivity contribution in [3.63, 3.8) is 0 Å². The van der Waals surface area contributed by atoms with E-state index in [9.17, 15) is 14.7 Å². The molecule has 0 aromatic heterocycles. The molecule has 0 aliphatic carbocycles. The van der Waals surface area contributed by atoms with E-state index < -0.39 is 5.97 Å². The molecule has 6 heteroatoms. The van der Waals surface area contributed by atoms with Gasteiger partial charge in [-0.05, 0) is 43.3 Å². The van der Waals surface area contributed by atoms with Gasteiger partial charge in [-0.3, -0.25) is 4.79 Å². The van der Waals surface area contributed by atoms with Gasteiger partial charge < -0.3 is 19.9 Å². The number of amides is 1. The van der Waals surface area contributed by atoms with E-state index in [1.165, 1.54) is 6.07 Å². The lowest BCUT2D eigenvalue weighted by Crippen LogP contribution is -2.25. The Morgan fingerprint density at radius 3 is 2.46 bits per heavy atom. The molecule has 136 valence electrons. The van der Waals surface area contributed by atoms with Crippen LogP contribution in [0.25, 0.3) is 0 Å². The van der Waals surface area contributed by atoms with Crippen molar-refractivity contribution < 1.29 is 24.2 Å². The molecule has 26 heavy (non-hydrogen) atoms. The first kappa shape index (κ1) is 17.9. The molecule has 3 rings (SSSR count). The molecule has 0 bridgehead atoms. The van der Waals surface area contributed by atoms with Crippen molar-refractivity contribution in [2.24, 2.45) is 0 Å². The van der Waals surface area contributed by atoms with Crippen LogP contribution in [0, 0.1) is 6.92 Å². The zero-order valence-electron chi connectivity index (χ0n) is 14.5. The zero-order valence-corrected chi connectivity index (χ0v) is 14.5. The molecular weight excluding hydrogens is 334 g/mol. The summed E-state index contributed by atoms with van der Waals surface area (Å²) in [4.78, 5) is 23.8. The Hall–Kier alpha value is -2.86. The van der Waals surface area contributed by atoms with Crippen LogP contribution in [0.4, 0.5) is 5.69 Å². The Bertz CT molecular complexity index is 794. The first-order chi connectivity index (χ1) is 12.5. The molecule has 1 saturated heterocycles. The Labute approximate surface area is 151 Å². The van der Waals surface area contributed by atoms with Crippen LogP contribution in [-0.4, -0.2) is 36.3 Å². The number of ether oxygens (including phenoxy) is 2. The highest BCUT2D eigenvalue weighted by Crippen LogP contribution is 2.21. The smallest absolute Gasteiger partial charge is 0.337 e. The number of carboxylic acids is 1.